The Kier molecular flexibility index (Phi) is 6.41. The minimum atomic E-state index is -1.32. The van der Waals surface area contributed by atoms with Gasteiger partial charge in [0, 0.05) is 11.4 Å². The van der Waals surface area contributed by atoms with Crippen molar-refractivity contribution in [2.24, 2.45) is 0 Å². The Balaban J connectivity index is 1.99. The smallest absolute Gasteiger partial charge is 0.339 e. The van der Waals surface area contributed by atoms with E-state index < -0.39 is 35.1 Å². The zero-order valence-electron chi connectivity index (χ0n) is 13.9. The number of halogens is 1. The van der Waals surface area contributed by atoms with Crippen molar-refractivity contribution in [1.82, 2.24) is 0 Å². The summed E-state index contributed by atoms with van der Waals surface area (Å²) >= 11 is 0. The van der Waals surface area contributed by atoms with Crippen LogP contribution in [-0.4, -0.2) is 28.4 Å². The van der Waals surface area contributed by atoms with Crippen molar-refractivity contribution < 1.29 is 22.9 Å². The Morgan fingerprint density at radius 2 is 1.92 bits per heavy atom. The Labute approximate surface area is 147 Å². The van der Waals surface area contributed by atoms with Crippen LogP contribution >= 0.6 is 0 Å². The number of ether oxygens (including phenoxy) is 1. The van der Waals surface area contributed by atoms with E-state index in [9.17, 15) is 18.2 Å². The van der Waals surface area contributed by atoms with E-state index in [-0.39, 0.29) is 11.3 Å². The number of hydrogen-bond acceptors (Lipinski definition) is 4. The first kappa shape index (κ1) is 18.8. The minimum absolute atomic E-state index is 0.164. The monoisotopic (exact) mass is 363 g/mol. The Morgan fingerprint density at radius 1 is 1.20 bits per heavy atom. The highest BCUT2D eigenvalue weighted by molar-refractivity contribution is 7.85. The van der Waals surface area contributed by atoms with Crippen molar-refractivity contribution in [3.05, 3.63) is 59.4 Å². The molecule has 7 heteroatoms. The fourth-order valence-corrected chi connectivity index (χ4v) is 3.00. The van der Waals surface area contributed by atoms with Gasteiger partial charge in [0.15, 0.2) is 6.61 Å². The standard InChI is InChI=1S/C18H18FNO4S/c1-3-25(23)16-7-5-4-6-14(16)18(22)24-11-17(21)20-13-9-8-12(2)15(19)10-13/h4-10H,3,11H2,1-2H3,(H,20,21). The molecule has 2 rings (SSSR count). The maximum absolute atomic E-state index is 13.5. The number of hydrogen-bond donors (Lipinski definition) is 1. The fraction of sp³-hybridized carbons (Fsp3) is 0.222. The third kappa shape index (κ3) is 4.96. The van der Waals surface area contributed by atoms with Crippen molar-refractivity contribution in [3.63, 3.8) is 0 Å². The number of amides is 1. The Bertz CT molecular complexity index is 822. The maximum Gasteiger partial charge on any atom is 0.339 e. The SMILES string of the molecule is CCS(=O)c1ccccc1C(=O)OCC(=O)Nc1ccc(C)c(F)c1. The van der Waals surface area contributed by atoms with Crippen molar-refractivity contribution in [3.8, 4) is 0 Å². The van der Waals surface area contributed by atoms with E-state index in [0.29, 0.717) is 16.2 Å². The lowest BCUT2D eigenvalue weighted by molar-refractivity contribution is -0.119. The summed E-state index contributed by atoms with van der Waals surface area (Å²) in [5.74, 6) is -1.40. The van der Waals surface area contributed by atoms with E-state index in [4.69, 9.17) is 4.74 Å². The van der Waals surface area contributed by atoms with Crippen LogP contribution in [0.4, 0.5) is 10.1 Å². The van der Waals surface area contributed by atoms with Gasteiger partial charge in [-0.25, -0.2) is 9.18 Å². The Morgan fingerprint density at radius 3 is 2.60 bits per heavy atom. The number of nitrogens with one attached hydrogen (secondary N) is 1. The van der Waals surface area contributed by atoms with Gasteiger partial charge in [-0.05, 0) is 36.8 Å². The molecule has 2 aromatic rings. The summed E-state index contributed by atoms with van der Waals surface area (Å²) in [6, 6.07) is 10.7. The quantitative estimate of drug-likeness (QED) is 0.801. The second-order valence-corrected chi connectivity index (χ2v) is 6.93. The van der Waals surface area contributed by atoms with Gasteiger partial charge in [-0.3, -0.25) is 9.00 Å². The highest BCUT2D eigenvalue weighted by Gasteiger charge is 2.17. The molecule has 5 nitrogen and oxygen atoms in total. The highest BCUT2D eigenvalue weighted by Crippen LogP contribution is 2.16. The lowest BCUT2D eigenvalue weighted by Gasteiger charge is -2.09. The summed E-state index contributed by atoms with van der Waals surface area (Å²) in [5.41, 5.74) is 0.901. The minimum Gasteiger partial charge on any atom is -0.452 e. The van der Waals surface area contributed by atoms with Gasteiger partial charge in [-0.1, -0.05) is 25.1 Å². The topological polar surface area (TPSA) is 72.5 Å². The van der Waals surface area contributed by atoms with Gasteiger partial charge in [-0.2, -0.15) is 0 Å². The van der Waals surface area contributed by atoms with E-state index in [0.717, 1.165) is 0 Å². The molecule has 2 aromatic carbocycles. The average molecular weight is 363 g/mol. The Hall–Kier alpha value is -2.54. The first-order valence-corrected chi connectivity index (χ1v) is 8.94. The zero-order chi connectivity index (χ0) is 18.4. The van der Waals surface area contributed by atoms with Crippen LogP contribution in [0.15, 0.2) is 47.4 Å². The van der Waals surface area contributed by atoms with Crippen molar-refractivity contribution in [1.29, 1.82) is 0 Å². The van der Waals surface area contributed by atoms with Gasteiger partial charge in [0.05, 0.1) is 21.3 Å². The fourth-order valence-electron chi connectivity index (χ4n) is 2.07. The van der Waals surface area contributed by atoms with Gasteiger partial charge >= 0.3 is 5.97 Å². The number of rotatable bonds is 6. The van der Waals surface area contributed by atoms with Gasteiger partial charge in [0.2, 0.25) is 0 Å². The van der Waals surface area contributed by atoms with Gasteiger partial charge in [-0.15, -0.1) is 0 Å². The van der Waals surface area contributed by atoms with Crippen LogP contribution in [0, 0.1) is 12.7 Å². The molecule has 1 N–H and O–H groups in total. The van der Waals surface area contributed by atoms with E-state index in [2.05, 4.69) is 5.32 Å². The molecule has 25 heavy (non-hydrogen) atoms. The summed E-state index contributed by atoms with van der Waals surface area (Å²) in [7, 11) is -1.32. The molecule has 0 fully saturated rings. The summed E-state index contributed by atoms with van der Waals surface area (Å²) in [5, 5.41) is 2.45. The van der Waals surface area contributed by atoms with Crippen LogP contribution in [0.5, 0.6) is 0 Å². The number of carbonyl (C=O) groups is 2. The van der Waals surface area contributed by atoms with Crippen molar-refractivity contribution in [2.75, 3.05) is 17.7 Å². The molecule has 0 aromatic heterocycles. The number of carbonyl (C=O) groups excluding carboxylic acids is 2. The maximum atomic E-state index is 13.5. The molecule has 0 saturated carbocycles. The molecule has 0 aliphatic carbocycles. The molecule has 1 unspecified atom stereocenters. The van der Waals surface area contributed by atoms with E-state index in [1.807, 2.05) is 0 Å². The van der Waals surface area contributed by atoms with Gasteiger partial charge in [0.1, 0.15) is 5.82 Å². The van der Waals surface area contributed by atoms with Crippen LogP contribution in [-0.2, 0) is 20.3 Å². The zero-order valence-corrected chi connectivity index (χ0v) is 14.7. The third-order valence-electron chi connectivity index (χ3n) is 3.40. The molecule has 132 valence electrons. The number of aryl methyl sites for hydroxylation is 1. The molecule has 0 heterocycles. The molecular weight excluding hydrogens is 345 g/mol. The summed E-state index contributed by atoms with van der Waals surface area (Å²) < 4.78 is 30.4. The lowest BCUT2D eigenvalue weighted by atomic mass is 10.2. The predicted molar refractivity (Wildman–Crippen MR) is 93.4 cm³/mol. The van der Waals surface area contributed by atoms with Crippen molar-refractivity contribution in [2.45, 2.75) is 18.7 Å². The first-order chi connectivity index (χ1) is 11.9. The molecular formula is C18H18FNO4S. The molecule has 1 amide bonds. The molecule has 0 radical (unpaired) electrons. The normalized spacial score (nSPS) is 11.6. The molecule has 1 atom stereocenters. The molecule has 0 aliphatic heterocycles. The third-order valence-corrected chi connectivity index (χ3v) is 4.78. The van der Waals surface area contributed by atoms with Crippen LogP contribution < -0.4 is 5.32 Å². The van der Waals surface area contributed by atoms with Crippen LogP contribution in [0.2, 0.25) is 0 Å². The summed E-state index contributed by atoms with van der Waals surface area (Å²) in [4.78, 5) is 24.4. The molecule has 0 saturated heterocycles. The number of esters is 1. The predicted octanol–water partition coefficient (Wildman–Crippen LogP) is 3.06. The molecule has 0 aliphatic rings. The first-order valence-electron chi connectivity index (χ1n) is 7.63. The van der Waals surface area contributed by atoms with Crippen LogP contribution in [0.3, 0.4) is 0 Å². The largest absolute Gasteiger partial charge is 0.452 e. The van der Waals surface area contributed by atoms with Crippen LogP contribution in [0.1, 0.15) is 22.8 Å². The molecule has 0 bridgehead atoms. The van der Waals surface area contributed by atoms with E-state index in [1.54, 1.807) is 38.1 Å². The van der Waals surface area contributed by atoms with Gasteiger partial charge in [0.25, 0.3) is 5.91 Å². The van der Waals surface area contributed by atoms with E-state index >= 15 is 0 Å². The highest BCUT2D eigenvalue weighted by atomic mass is 32.2. The second kappa shape index (κ2) is 8.53. The molecule has 0 spiro atoms. The summed E-state index contributed by atoms with van der Waals surface area (Å²) in [6.45, 7) is 2.83. The lowest BCUT2D eigenvalue weighted by Crippen LogP contribution is -2.21. The van der Waals surface area contributed by atoms with Gasteiger partial charge < -0.3 is 10.1 Å². The van der Waals surface area contributed by atoms with Crippen LogP contribution in [0.25, 0.3) is 0 Å². The van der Waals surface area contributed by atoms with E-state index in [1.165, 1.54) is 18.2 Å². The second-order valence-electron chi connectivity index (χ2n) is 5.22. The number of anilines is 1. The van der Waals surface area contributed by atoms with Crippen molar-refractivity contribution >= 4 is 28.4 Å². The number of benzene rings is 2. The summed E-state index contributed by atoms with van der Waals surface area (Å²) in [6.07, 6.45) is 0. The average Bonchev–Trinajstić information content (AvgIpc) is 2.62.